The van der Waals surface area contributed by atoms with Crippen LogP contribution < -0.4 is 5.56 Å². The van der Waals surface area contributed by atoms with Gasteiger partial charge in [0, 0.05) is 25.8 Å². The fourth-order valence-corrected chi connectivity index (χ4v) is 4.39. The van der Waals surface area contributed by atoms with Crippen LogP contribution in [-0.4, -0.2) is 28.5 Å². The topological polar surface area (TPSA) is 55.5 Å². The van der Waals surface area contributed by atoms with Crippen LogP contribution in [0, 0.1) is 12.8 Å². The molecule has 0 unspecified atom stereocenters. The van der Waals surface area contributed by atoms with Crippen molar-refractivity contribution in [3.8, 4) is 0 Å². The van der Waals surface area contributed by atoms with E-state index in [1.54, 1.807) is 23.8 Å². The van der Waals surface area contributed by atoms with Gasteiger partial charge in [-0.3, -0.25) is 9.59 Å². The van der Waals surface area contributed by atoms with Gasteiger partial charge in [0.2, 0.25) is 0 Å². The molecule has 5 nitrogen and oxygen atoms in total. The third-order valence-electron chi connectivity index (χ3n) is 5.94. The van der Waals surface area contributed by atoms with E-state index in [0.717, 1.165) is 38.8 Å². The molecule has 0 spiro atoms. The molecule has 3 aromatic rings. The van der Waals surface area contributed by atoms with E-state index >= 15 is 0 Å². The van der Waals surface area contributed by atoms with Gasteiger partial charge in [-0.05, 0) is 50.2 Å². The molecule has 0 saturated carbocycles. The standard InChI is InChI=1S/C24H28N2O3/c1-3-12-25-15-11-20-22(24(25)28)21(17(2)29-20)23(27)26-13-9-19(10-14-26)16-18-7-5-4-6-8-18/h4-8,11,15,19H,3,9-10,12-14,16H2,1-2H3. The highest BCUT2D eigenvalue weighted by Crippen LogP contribution is 2.27. The van der Waals surface area contributed by atoms with Crippen LogP contribution in [0.5, 0.6) is 0 Å². The van der Waals surface area contributed by atoms with Crippen molar-refractivity contribution in [3.63, 3.8) is 0 Å². The van der Waals surface area contributed by atoms with Crippen molar-refractivity contribution in [2.45, 2.75) is 46.1 Å². The number of rotatable bonds is 5. The number of likely N-dealkylation sites (tertiary alicyclic amines) is 1. The quantitative estimate of drug-likeness (QED) is 0.646. The molecule has 1 aliphatic heterocycles. The maximum Gasteiger partial charge on any atom is 0.262 e. The molecule has 1 aliphatic rings. The van der Waals surface area contributed by atoms with Gasteiger partial charge >= 0.3 is 0 Å². The van der Waals surface area contributed by atoms with E-state index in [-0.39, 0.29) is 11.5 Å². The summed E-state index contributed by atoms with van der Waals surface area (Å²) in [5, 5.41) is 0.426. The van der Waals surface area contributed by atoms with Gasteiger partial charge in [0.05, 0.1) is 10.9 Å². The number of carbonyl (C=O) groups excluding carboxylic acids is 1. The fourth-order valence-electron chi connectivity index (χ4n) is 4.39. The Hall–Kier alpha value is -2.82. The maximum atomic E-state index is 13.3. The third kappa shape index (κ3) is 3.86. The van der Waals surface area contributed by atoms with Crippen molar-refractivity contribution in [1.82, 2.24) is 9.47 Å². The van der Waals surface area contributed by atoms with Crippen LogP contribution >= 0.6 is 0 Å². The second-order valence-electron chi connectivity index (χ2n) is 8.01. The molecule has 0 N–H and O–H groups in total. The summed E-state index contributed by atoms with van der Waals surface area (Å²) in [5.74, 6) is 1.04. The van der Waals surface area contributed by atoms with Crippen LogP contribution in [0.15, 0.2) is 51.8 Å². The fraction of sp³-hybridized carbons (Fsp3) is 0.417. The molecular weight excluding hydrogens is 364 g/mol. The van der Waals surface area contributed by atoms with Gasteiger partial charge in [0.25, 0.3) is 11.5 Å². The number of fused-ring (bicyclic) bond motifs is 1. The summed E-state index contributed by atoms with van der Waals surface area (Å²) in [7, 11) is 0. The number of hydrogen-bond donors (Lipinski definition) is 0. The highest BCUT2D eigenvalue weighted by molar-refractivity contribution is 6.06. The van der Waals surface area contributed by atoms with E-state index in [2.05, 4.69) is 24.3 Å². The Morgan fingerprint density at radius 3 is 2.55 bits per heavy atom. The van der Waals surface area contributed by atoms with E-state index in [1.165, 1.54) is 5.56 Å². The van der Waals surface area contributed by atoms with Crippen LogP contribution in [0.3, 0.4) is 0 Å². The van der Waals surface area contributed by atoms with Gasteiger partial charge < -0.3 is 13.9 Å². The van der Waals surface area contributed by atoms with E-state index in [0.29, 0.717) is 34.8 Å². The summed E-state index contributed by atoms with van der Waals surface area (Å²) >= 11 is 0. The Morgan fingerprint density at radius 1 is 1.14 bits per heavy atom. The van der Waals surface area contributed by atoms with Gasteiger partial charge in [0.1, 0.15) is 11.3 Å². The van der Waals surface area contributed by atoms with E-state index in [9.17, 15) is 9.59 Å². The number of amides is 1. The number of nitrogens with zero attached hydrogens (tertiary/aromatic N) is 2. The van der Waals surface area contributed by atoms with Gasteiger partial charge in [-0.1, -0.05) is 37.3 Å². The lowest BCUT2D eigenvalue weighted by atomic mass is 9.90. The first-order chi connectivity index (χ1) is 14.1. The molecule has 3 heterocycles. The number of furan rings is 1. The second-order valence-corrected chi connectivity index (χ2v) is 8.01. The molecule has 0 bridgehead atoms. The third-order valence-corrected chi connectivity index (χ3v) is 5.94. The second kappa shape index (κ2) is 8.27. The molecule has 1 saturated heterocycles. The van der Waals surface area contributed by atoms with Crippen molar-refractivity contribution in [1.29, 1.82) is 0 Å². The summed E-state index contributed by atoms with van der Waals surface area (Å²) in [4.78, 5) is 28.1. The molecule has 2 aromatic heterocycles. The van der Waals surface area contributed by atoms with Crippen LogP contribution in [0.1, 0.15) is 47.9 Å². The Labute approximate surface area is 170 Å². The summed E-state index contributed by atoms with van der Waals surface area (Å²) in [6, 6.07) is 12.3. The van der Waals surface area contributed by atoms with Crippen molar-refractivity contribution >= 4 is 16.9 Å². The number of hydrogen-bond acceptors (Lipinski definition) is 3. The van der Waals surface area contributed by atoms with E-state index < -0.39 is 0 Å². The number of piperidine rings is 1. The summed E-state index contributed by atoms with van der Waals surface area (Å²) < 4.78 is 7.43. The molecule has 1 fully saturated rings. The maximum absolute atomic E-state index is 13.3. The van der Waals surface area contributed by atoms with Crippen LogP contribution in [0.4, 0.5) is 0 Å². The van der Waals surface area contributed by atoms with Gasteiger partial charge in [-0.15, -0.1) is 0 Å². The van der Waals surface area contributed by atoms with Crippen LogP contribution in [-0.2, 0) is 13.0 Å². The molecule has 1 amide bonds. The number of aryl methyl sites for hydroxylation is 2. The summed E-state index contributed by atoms with van der Waals surface area (Å²) in [6.07, 6.45) is 5.63. The molecule has 5 heteroatoms. The largest absolute Gasteiger partial charge is 0.460 e. The van der Waals surface area contributed by atoms with Crippen molar-refractivity contribution in [3.05, 3.63) is 69.8 Å². The molecule has 4 rings (SSSR count). The van der Waals surface area contributed by atoms with Crippen molar-refractivity contribution < 1.29 is 9.21 Å². The summed E-state index contributed by atoms with van der Waals surface area (Å²) in [5.41, 5.74) is 2.16. The minimum atomic E-state index is -0.136. The van der Waals surface area contributed by atoms with Crippen LogP contribution in [0.2, 0.25) is 0 Å². The SMILES string of the molecule is CCCn1ccc2oc(C)c(C(=O)N3CCC(Cc4ccccc4)CC3)c2c1=O. The molecule has 29 heavy (non-hydrogen) atoms. The first-order valence-corrected chi connectivity index (χ1v) is 10.5. The lowest BCUT2D eigenvalue weighted by Crippen LogP contribution is -2.39. The number of carbonyl (C=O) groups is 1. The van der Waals surface area contributed by atoms with Gasteiger partial charge in [0.15, 0.2) is 0 Å². The lowest BCUT2D eigenvalue weighted by Gasteiger charge is -2.32. The molecule has 0 aliphatic carbocycles. The van der Waals surface area contributed by atoms with Gasteiger partial charge in [-0.2, -0.15) is 0 Å². The molecule has 152 valence electrons. The summed E-state index contributed by atoms with van der Waals surface area (Å²) in [6.45, 7) is 5.89. The van der Waals surface area contributed by atoms with Gasteiger partial charge in [-0.25, -0.2) is 0 Å². The highest BCUT2D eigenvalue weighted by Gasteiger charge is 2.29. The Balaban J connectivity index is 1.53. The van der Waals surface area contributed by atoms with Crippen LogP contribution in [0.25, 0.3) is 11.0 Å². The molecule has 0 radical (unpaired) electrons. The molecule has 1 aromatic carbocycles. The zero-order valence-corrected chi connectivity index (χ0v) is 17.2. The molecular formula is C24H28N2O3. The Kier molecular flexibility index (Phi) is 5.56. The monoisotopic (exact) mass is 392 g/mol. The minimum Gasteiger partial charge on any atom is -0.460 e. The normalized spacial score (nSPS) is 15.2. The zero-order chi connectivity index (χ0) is 20.4. The number of aromatic nitrogens is 1. The first kappa shape index (κ1) is 19.5. The lowest BCUT2D eigenvalue weighted by molar-refractivity contribution is 0.0690. The predicted molar refractivity (Wildman–Crippen MR) is 114 cm³/mol. The van der Waals surface area contributed by atoms with Crippen molar-refractivity contribution in [2.24, 2.45) is 5.92 Å². The highest BCUT2D eigenvalue weighted by atomic mass is 16.3. The Bertz CT molecular complexity index is 1060. The smallest absolute Gasteiger partial charge is 0.262 e. The number of benzene rings is 1. The average molecular weight is 392 g/mol. The minimum absolute atomic E-state index is 0.0780. The number of pyridine rings is 1. The average Bonchev–Trinajstić information content (AvgIpc) is 3.08. The van der Waals surface area contributed by atoms with E-state index in [1.807, 2.05) is 17.9 Å². The van der Waals surface area contributed by atoms with Crippen molar-refractivity contribution in [2.75, 3.05) is 13.1 Å². The first-order valence-electron chi connectivity index (χ1n) is 10.5. The predicted octanol–water partition coefficient (Wildman–Crippen LogP) is 4.41. The molecule has 0 atom stereocenters. The Morgan fingerprint density at radius 2 is 1.86 bits per heavy atom. The van der Waals surface area contributed by atoms with E-state index in [4.69, 9.17) is 4.42 Å². The zero-order valence-electron chi connectivity index (χ0n) is 17.2.